The van der Waals surface area contributed by atoms with Gasteiger partial charge in [-0.3, -0.25) is 0 Å². The molecule has 0 radical (unpaired) electrons. The van der Waals surface area contributed by atoms with Crippen molar-refractivity contribution >= 4 is 17.7 Å². The van der Waals surface area contributed by atoms with E-state index < -0.39 is 5.60 Å². The van der Waals surface area contributed by atoms with E-state index in [1.54, 1.807) is 0 Å². The molecular formula is C17H24ClNO3. The van der Waals surface area contributed by atoms with Crippen molar-refractivity contribution < 1.29 is 14.3 Å². The molecule has 1 saturated carbocycles. The Balaban J connectivity index is 1.58. The Kier molecular flexibility index (Phi) is 5.70. The quantitative estimate of drug-likeness (QED) is 0.884. The highest BCUT2D eigenvalue weighted by Gasteiger charge is 2.30. The standard InChI is InChI=1S/C17H24ClNO3/c1-17(2,3)22-16(20)19-10-13-8-15(9-13)21-11-12-4-6-14(18)7-5-12/h4-7,13,15H,8-11H2,1-3H3,(H,19,20)/t13-,15+. The molecule has 22 heavy (non-hydrogen) atoms. The molecule has 0 bridgehead atoms. The Hall–Kier alpha value is -1.26. The predicted molar refractivity (Wildman–Crippen MR) is 87.0 cm³/mol. The SMILES string of the molecule is CC(C)(C)OC(=O)NC[C@H]1C[C@@H](OCc2ccc(Cl)cc2)C1. The van der Waals surface area contributed by atoms with E-state index in [9.17, 15) is 4.79 Å². The number of ether oxygens (including phenoxy) is 2. The lowest BCUT2D eigenvalue weighted by molar-refractivity contribution is -0.0401. The van der Waals surface area contributed by atoms with Gasteiger partial charge < -0.3 is 14.8 Å². The summed E-state index contributed by atoms with van der Waals surface area (Å²) < 4.78 is 11.0. The molecule has 1 aromatic carbocycles. The number of halogens is 1. The summed E-state index contributed by atoms with van der Waals surface area (Å²) in [5.41, 5.74) is 0.674. The molecule has 1 aliphatic carbocycles. The van der Waals surface area contributed by atoms with E-state index in [-0.39, 0.29) is 12.2 Å². The van der Waals surface area contributed by atoms with E-state index in [1.807, 2.05) is 45.0 Å². The number of nitrogens with one attached hydrogen (secondary N) is 1. The average molecular weight is 326 g/mol. The summed E-state index contributed by atoms with van der Waals surface area (Å²) >= 11 is 5.85. The van der Waals surface area contributed by atoms with Gasteiger partial charge in [-0.05, 0) is 57.2 Å². The highest BCUT2D eigenvalue weighted by Crippen LogP contribution is 2.30. The first-order valence-corrected chi connectivity index (χ1v) is 8.02. The van der Waals surface area contributed by atoms with Gasteiger partial charge in [0.25, 0.3) is 0 Å². The fourth-order valence-electron chi connectivity index (χ4n) is 2.31. The van der Waals surface area contributed by atoms with Crippen LogP contribution in [0.15, 0.2) is 24.3 Å². The Morgan fingerprint density at radius 3 is 2.50 bits per heavy atom. The molecule has 1 aromatic rings. The second-order valence-electron chi connectivity index (χ2n) is 6.78. The van der Waals surface area contributed by atoms with E-state index >= 15 is 0 Å². The van der Waals surface area contributed by atoms with Gasteiger partial charge in [-0.25, -0.2) is 4.79 Å². The second kappa shape index (κ2) is 7.34. The lowest BCUT2D eigenvalue weighted by atomic mass is 9.82. The molecule has 5 heteroatoms. The van der Waals surface area contributed by atoms with Crippen LogP contribution in [0.3, 0.4) is 0 Å². The number of alkyl carbamates (subject to hydrolysis) is 1. The zero-order chi connectivity index (χ0) is 16.2. The molecule has 0 aliphatic heterocycles. The topological polar surface area (TPSA) is 47.6 Å². The summed E-state index contributed by atoms with van der Waals surface area (Å²) in [5.74, 6) is 0.475. The Bertz CT molecular complexity index is 490. The Morgan fingerprint density at radius 1 is 1.27 bits per heavy atom. The van der Waals surface area contributed by atoms with Crippen LogP contribution < -0.4 is 5.32 Å². The van der Waals surface area contributed by atoms with Crippen LogP contribution in [0.25, 0.3) is 0 Å². The van der Waals surface area contributed by atoms with E-state index in [2.05, 4.69) is 5.32 Å². The molecular weight excluding hydrogens is 302 g/mol. The van der Waals surface area contributed by atoms with Gasteiger partial charge in [-0.15, -0.1) is 0 Å². The maximum atomic E-state index is 11.5. The van der Waals surface area contributed by atoms with Crippen LogP contribution in [0.5, 0.6) is 0 Å². The maximum absolute atomic E-state index is 11.5. The van der Waals surface area contributed by atoms with Crippen LogP contribution in [0.4, 0.5) is 4.79 Å². The smallest absolute Gasteiger partial charge is 0.407 e. The van der Waals surface area contributed by atoms with Crippen LogP contribution in [-0.4, -0.2) is 24.3 Å². The fourth-order valence-corrected chi connectivity index (χ4v) is 2.44. The lowest BCUT2D eigenvalue weighted by Crippen LogP contribution is -2.41. The van der Waals surface area contributed by atoms with Crippen molar-refractivity contribution in [1.29, 1.82) is 0 Å². The summed E-state index contributed by atoms with van der Waals surface area (Å²) in [6.07, 6.45) is 1.88. The van der Waals surface area contributed by atoms with Gasteiger partial charge >= 0.3 is 6.09 Å². The van der Waals surface area contributed by atoms with Gasteiger partial charge in [-0.2, -0.15) is 0 Å². The number of rotatable bonds is 5. The minimum atomic E-state index is -0.450. The van der Waals surface area contributed by atoms with Crippen LogP contribution in [0.2, 0.25) is 5.02 Å². The van der Waals surface area contributed by atoms with Crippen molar-refractivity contribution in [2.75, 3.05) is 6.54 Å². The fraction of sp³-hybridized carbons (Fsp3) is 0.588. The summed E-state index contributed by atoms with van der Waals surface area (Å²) in [6, 6.07) is 7.69. The van der Waals surface area contributed by atoms with Crippen molar-refractivity contribution in [2.45, 2.75) is 51.9 Å². The molecule has 0 atom stereocenters. The van der Waals surface area contributed by atoms with Crippen LogP contribution >= 0.6 is 11.6 Å². The first kappa shape index (κ1) is 17.1. The number of amides is 1. The molecule has 1 amide bonds. The highest BCUT2D eigenvalue weighted by molar-refractivity contribution is 6.30. The van der Waals surface area contributed by atoms with E-state index in [0.29, 0.717) is 19.1 Å². The number of carbonyl (C=O) groups excluding carboxylic acids is 1. The van der Waals surface area contributed by atoms with Crippen LogP contribution in [-0.2, 0) is 16.1 Å². The Labute approximate surface area is 137 Å². The lowest BCUT2D eigenvalue weighted by Gasteiger charge is -2.35. The zero-order valence-electron chi connectivity index (χ0n) is 13.4. The largest absolute Gasteiger partial charge is 0.444 e. The predicted octanol–water partition coefficient (Wildman–Crippen LogP) is 4.16. The van der Waals surface area contributed by atoms with Gasteiger partial charge in [0.05, 0.1) is 12.7 Å². The summed E-state index contributed by atoms with van der Waals surface area (Å²) in [7, 11) is 0. The molecule has 2 rings (SSSR count). The van der Waals surface area contributed by atoms with Crippen molar-refractivity contribution in [1.82, 2.24) is 5.32 Å². The molecule has 1 aliphatic rings. The van der Waals surface area contributed by atoms with Crippen molar-refractivity contribution in [3.63, 3.8) is 0 Å². The molecule has 0 unspecified atom stereocenters. The number of carbonyl (C=O) groups is 1. The van der Waals surface area contributed by atoms with E-state index in [4.69, 9.17) is 21.1 Å². The molecule has 0 aromatic heterocycles. The summed E-state index contributed by atoms with van der Waals surface area (Å²) in [4.78, 5) is 11.5. The third-order valence-electron chi connectivity index (χ3n) is 3.53. The molecule has 0 heterocycles. The van der Waals surface area contributed by atoms with Gasteiger partial charge in [-0.1, -0.05) is 23.7 Å². The third-order valence-corrected chi connectivity index (χ3v) is 3.78. The van der Waals surface area contributed by atoms with Crippen molar-refractivity contribution in [3.8, 4) is 0 Å². The van der Waals surface area contributed by atoms with Crippen LogP contribution in [0, 0.1) is 5.92 Å². The monoisotopic (exact) mass is 325 g/mol. The first-order chi connectivity index (χ1) is 10.3. The van der Waals surface area contributed by atoms with Crippen molar-refractivity contribution in [2.24, 2.45) is 5.92 Å². The van der Waals surface area contributed by atoms with Crippen LogP contribution in [0.1, 0.15) is 39.2 Å². The number of benzene rings is 1. The highest BCUT2D eigenvalue weighted by atomic mass is 35.5. The van der Waals surface area contributed by atoms with E-state index in [1.165, 1.54) is 0 Å². The molecule has 122 valence electrons. The molecule has 1 N–H and O–H groups in total. The van der Waals surface area contributed by atoms with E-state index in [0.717, 1.165) is 23.4 Å². The van der Waals surface area contributed by atoms with Gasteiger partial charge in [0, 0.05) is 11.6 Å². The molecule has 4 nitrogen and oxygen atoms in total. The summed E-state index contributed by atoms with van der Waals surface area (Å²) in [6.45, 7) is 6.83. The number of hydrogen-bond acceptors (Lipinski definition) is 3. The Morgan fingerprint density at radius 2 is 1.91 bits per heavy atom. The molecule has 0 spiro atoms. The van der Waals surface area contributed by atoms with Gasteiger partial charge in [0.15, 0.2) is 0 Å². The van der Waals surface area contributed by atoms with Crippen molar-refractivity contribution in [3.05, 3.63) is 34.9 Å². The minimum absolute atomic E-state index is 0.279. The zero-order valence-corrected chi connectivity index (χ0v) is 14.2. The summed E-state index contributed by atoms with van der Waals surface area (Å²) in [5, 5.41) is 3.55. The van der Waals surface area contributed by atoms with Gasteiger partial charge in [0.1, 0.15) is 5.60 Å². The average Bonchev–Trinajstić information content (AvgIpc) is 2.36. The normalized spacial score (nSPS) is 21.1. The molecule has 1 fully saturated rings. The third kappa shape index (κ3) is 5.85. The second-order valence-corrected chi connectivity index (χ2v) is 7.22. The molecule has 0 saturated heterocycles. The minimum Gasteiger partial charge on any atom is -0.444 e. The number of hydrogen-bond donors (Lipinski definition) is 1. The maximum Gasteiger partial charge on any atom is 0.407 e. The van der Waals surface area contributed by atoms with Gasteiger partial charge in [0.2, 0.25) is 0 Å². The first-order valence-electron chi connectivity index (χ1n) is 7.65.